The Bertz CT molecular complexity index is 549. The van der Waals surface area contributed by atoms with Gasteiger partial charge in [-0.25, -0.2) is 4.39 Å². The molecule has 0 bridgehead atoms. The molecular weight excluding hydrogens is 243 g/mol. The van der Waals surface area contributed by atoms with Gasteiger partial charge in [-0.1, -0.05) is 11.3 Å². The van der Waals surface area contributed by atoms with Crippen LogP contribution in [0.2, 0.25) is 0 Å². The molecule has 5 nitrogen and oxygen atoms in total. The van der Waals surface area contributed by atoms with E-state index in [1.54, 1.807) is 6.92 Å². The minimum Gasteiger partial charge on any atom is -0.399 e. The second-order valence-electron chi connectivity index (χ2n) is 3.35. The fraction of sp³-hybridized carbons (Fsp3) is 0.100. The average molecular weight is 252 g/mol. The van der Waals surface area contributed by atoms with Gasteiger partial charge in [0.1, 0.15) is 10.8 Å². The summed E-state index contributed by atoms with van der Waals surface area (Å²) in [4.78, 5) is 11.7. The topological polar surface area (TPSA) is 80.9 Å². The number of nitrogen functional groups attached to an aromatic ring is 1. The molecule has 0 saturated carbocycles. The molecule has 3 N–H and O–H groups in total. The molecular formula is C10H9FN4OS. The van der Waals surface area contributed by atoms with Crippen LogP contribution in [0.15, 0.2) is 18.2 Å². The first kappa shape index (κ1) is 11.5. The quantitative estimate of drug-likeness (QED) is 0.799. The number of carbonyl (C=O) groups is 1. The Morgan fingerprint density at radius 1 is 1.41 bits per heavy atom. The van der Waals surface area contributed by atoms with Crippen LogP contribution in [-0.2, 0) is 0 Å². The molecule has 0 fully saturated rings. The third kappa shape index (κ3) is 2.76. The molecule has 1 heterocycles. The predicted molar refractivity (Wildman–Crippen MR) is 63.4 cm³/mol. The van der Waals surface area contributed by atoms with E-state index in [1.807, 2.05) is 0 Å². The van der Waals surface area contributed by atoms with Crippen molar-refractivity contribution >= 4 is 28.1 Å². The summed E-state index contributed by atoms with van der Waals surface area (Å²) in [5, 5.41) is 11.1. The summed E-state index contributed by atoms with van der Waals surface area (Å²) in [5.74, 6) is -1.02. The zero-order valence-corrected chi connectivity index (χ0v) is 9.71. The van der Waals surface area contributed by atoms with Crippen LogP contribution in [0.4, 0.5) is 15.2 Å². The van der Waals surface area contributed by atoms with Crippen molar-refractivity contribution in [3.63, 3.8) is 0 Å². The van der Waals surface area contributed by atoms with Gasteiger partial charge in [0.15, 0.2) is 0 Å². The lowest BCUT2D eigenvalue weighted by Crippen LogP contribution is -2.12. The molecule has 17 heavy (non-hydrogen) atoms. The third-order valence-corrected chi connectivity index (χ3v) is 2.68. The van der Waals surface area contributed by atoms with Crippen molar-refractivity contribution in [2.45, 2.75) is 6.92 Å². The normalized spacial score (nSPS) is 10.2. The summed E-state index contributed by atoms with van der Waals surface area (Å²) in [6.45, 7) is 1.77. The monoisotopic (exact) mass is 252 g/mol. The number of nitrogens with one attached hydrogen (secondary N) is 1. The first-order chi connectivity index (χ1) is 8.04. The zero-order valence-electron chi connectivity index (χ0n) is 8.90. The third-order valence-electron chi connectivity index (χ3n) is 1.93. The number of hydrogen-bond donors (Lipinski definition) is 2. The molecule has 0 unspecified atom stereocenters. The largest absolute Gasteiger partial charge is 0.399 e. The van der Waals surface area contributed by atoms with Gasteiger partial charge in [-0.05, 0) is 25.1 Å². The fourth-order valence-electron chi connectivity index (χ4n) is 1.26. The van der Waals surface area contributed by atoms with Crippen LogP contribution in [0, 0.1) is 12.7 Å². The summed E-state index contributed by atoms with van der Waals surface area (Å²) < 4.78 is 13.0. The highest BCUT2D eigenvalue weighted by molar-refractivity contribution is 7.15. The molecule has 0 aliphatic rings. The second kappa shape index (κ2) is 4.46. The van der Waals surface area contributed by atoms with Crippen LogP contribution in [0.25, 0.3) is 0 Å². The van der Waals surface area contributed by atoms with E-state index in [2.05, 4.69) is 15.5 Å². The van der Waals surface area contributed by atoms with Gasteiger partial charge in [-0.15, -0.1) is 10.2 Å². The highest BCUT2D eigenvalue weighted by Crippen LogP contribution is 2.16. The molecule has 0 saturated heterocycles. The highest BCUT2D eigenvalue weighted by Gasteiger charge is 2.10. The van der Waals surface area contributed by atoms with Crippen LogP contribution < -0.4 is 11.1 Å². The fourth-order valence-corrected chi connectivity index (χ4v) is 1.85. The van der Waals surface area contributed by atoms with Gasteiger partial charge in [0.25, 0.3) is 5.91 Å². The van der Waals surface area contributed by atoms with Crippen molar-refractivity contribution in [2.75, 3.05) is 11.1 Å². The minimum atomic E-state index is -0.552. The van der Waals surface area contributed by atoms with Crippen LogP contribution >= 0.6 is 11.3 Å². The van der Waals surface area contributed by atoms with Crippen molar-refractivity contribution in [2.24, 2.45) is 0 Å². The first-order valence-corrected chi connectivity index (χ1v) is 5.54. The number of halogens is 1. The summed E-state index contributed by atoms with van der Waals surface area (Å²) in [6, 6.07) is 3.65. The van der Waals surface area contributed by atoms with Crippen LogP contribution in [0.1, 0.15) is 15.4 Å². The van der Waals surface area contributed by atoms with Gasteiger partial charge in [0.05, 0.1) is 0 Å². The molecule has 0 atom stereocenters. The van der Waals surface area contributed by atoms with Crippen molar-refractivity contribution in [1.82, 2.24) is 10.2 Å². The Balaban J connectivity index is 2.19. The van der Waals surface area contributed by atoms with E-state index in [4.69, 9.17) is 5.73 Å². The van der Waals surface area contributed by atoms with E-state index < -0.39 is 11.7 Å². The Morgan fingerprint density at radius 2 is 2.18 bits per heavy atom. The lowest BCUT2D eigenvalue weighted by Gasteiger charge is -2.02. The number of carbonyl (C=O) groups excluding carboxylic acids is 1. The molecule has 0 aliphatic heterocycles. The maximum atomic E-state index is 13.0. The van der Waals surface area contributed by atoms with E-state index in [0.29, 0.717) is 5.13 Å². The molecule has 1 amide bonds. The number of aromatic nitrogens is 2. The Kier molecular flexibility index (Phi) is 3.01. The minimum absolute atomic E-state index is 0.148. The molecule has 0 spiro atoms. The predicted octanol–water partition coefficient (Wildman–Crippen LogP) is 1.82. The maximum Gasteiger partial charge on any atom is 0.257 e. The SMILES string of the molecule is Cc1nnc(NC(=O)c2cc(N)cc(F)c2)s1. The number of amides is 1. The number of nitrogens with zero attached hydrogens (tertiary/aromatic N) is 2. The number of rotatable bonds is 2. The van der Waals surface area contributed by atoms with Crippen LogP contribution in [0.3, 0.4) is 0 Å². The van der Waals surface area contributed by atoms with E-state index in [0.717, 1.165) is 17.1 Å². The van der Waals surface area contributed by atoms with E-state index >= 15 is 0 Å². The van der Waals surface area contributed by atoms with Gasteiger partial charge in [-0.2, -0.15) is 0 Å². The van der Waals surface area contributed by atoms with Crippen molar-refractivity contribution in [3.8, 4) is 0 Å². The maximum absolute atomic E-state index is 13.0. The summed E-state index contributed by atoms with van der Waals surface area (Å²) in [5.41, 5.74) is 5.80. The smallest absolute Gasteiger partial charge is 0.257 e. The molecule has 7 heteroatoms. The van der Waals surface area contributed by atoms with E-state index in [-0.39, 0.29) is 11.3 Å². The molecule has 1 aromatic carbocycles. The van der Waals surface area contributed by atoms with Crippen LogP contribution in [-0.4, -0.2) is 16.1 Å². The van der Waals surface area contributed by atoms with Gasteiger partial charge >= 0.3 is 0 Å². The molecule has 2 aromatic rings. The van der Waals surface area contributed by atoms with Crippen molar-refractivity contribution in [1.29, 1.82) is 0 Å². The zero-order chi connectivity index (χ0) is 12.4. The number of benzene rings is 1. The summed E-state index contributed by atoms with van der Waals surface area (Å²) >= 11 is 1.24. The lowest BCUT2D eigenvalue weighted by molar-refractivity contribution is 0.102. The lowest BCUT2D eigenvalue weighted by atomic mass is 10.2. The standard InChI is InChI=1S/C10H9FN4OS/c1-5-14-15-10(17-5)13-9(16)6-2-7(11)4-8(12)3-6/h2-4H,12H2,1H3,(H,13,15,16). The molecule has 2 rings (SSSR count). The number of aryl methyl sites for hydroxylation is 1. The second-order valence-corrected chi connectivity index (χ2v) is 4.54. The van der Waals surface area contributed by atoms with Gasteiger partial charge in [0.2, 0.25) is 5.13 Å². The van der Waals surface area contributed by atoms with Gasteiger partial charge < -0.3 is 5.73 Å². The number of nitrogens with two attached hydrogens (primary N) is 1. The van der Waals surface area contributed by atoms with Crippen LogP contribution in [0.5, 0.6) is 0 Å². The number of hydrogen-bond acceptors (Lipinski definition) is 5. The van der Waals surface area contributed by atoms with Crippen molar-refractivity contribution < 1.29 is 9.18 Å². The Labute approximate surface area is 100 Å². The summed E-state index contributed by atoms with van der Waals surface area (Å²) in [7, 11) is 0. The van der Waals surface area contributed by atoms with E-state index in [1.165, 1.54) is 17.4 Å². The molecule has 88 valence electrons. The summed E-state index contributed by atoms with van der Waals surface area (Å²) in [6.07, 6.45) is 0. The van der Waals surface area contributed by atoms with Gasteiger partial charge in [0, 0.05) is 11.3 Å². The Hall–Kier alpha value is -2.02. The Morgan fingerprint density at radius 3 is 2.76 bits per heavy atom. The number of anilines is 2. The van der Waals surface area contributed by atoms with Gasteiger partial charge in [-0.3, -0.25) is 10.1 Å². The molecule has 1 aromatic heterocycles. The van der Waals surface area contributed by atoms with E-state index in [9.17, 15) is 9.18 Å². The molecule has 0 radical (unpaired) electrons. The highest BCUT2D eigenvalue weighted by atomic mass is 32.1. The average Bonchev–Trinajstić information content (AvgIpc) is 2.62. The first-order valence-electron chi connectivity index (χ1n) is 4.72. The molecule has 0 aliphatic carbocycles. The van der Waals surface area contributed by atoms with Crippen molar-refractivity contribution in [3.05, 3.63) is 34.6 Å².